The number of nitrogens with zero attached hydrogens (tertiary/aromatic N) is 1. The average Bonchev–Trinajstić information content (AvgIpc) is 2.94. The lowest BCUT2D eigenvalue weighted by molar-refractivity contribution is -0.141. The molecule has 0 heterocycles. The van der Waals surface area contributed by atoms with Crippen molar-refractivity contribution in [3.63, 3.8) is 0 Å². The van der Waals surface area contributed by atoms with E-state index in [9.17, 15) is 14.0 Å². The summed E-state index contributed by atoms with van der Waals surface area (Å²) in [4.78, 5) is 29.0. The van der Waals surface area contributed by atoms with Gasteiger partial charge >= 0.3 is 0 Å². The van der Waals surface area contributed by atoms with E-state index >= 15 is 0 Å². The molecule has 5 heteroatoms. The van der Waals surface area contributed by atoms with Crippen LogP contribution in [0.15, 0.2) is 96.6 Å². The van der Waals surface area contributed by atoms with Crippen LogP contribution in [-0.2, 0) is 22.6 Å². The van der Waals surface area contributed by atoms with Gasteiger partial charge in [0.1, 0.15) is 11.9 Å². The normalized spacial score (nSPS) is 13.9. The lowest BCUT2D eigenvalue weighted by Crippen LogP contribution is -2.43. The standard InChI is InChI=1S/C32H35FN2O2/c33-29-19-16-27(17-20-29)24-35(30(36)21-18-25-10-4-1-5-11-25)31(28-14-8-3-9-15-28)32(37)34-23-22-26-12-6-2-7-13-26/h1,3-5,8-12,14-17,19-20,31H,2,6-7,13,18,21-24H2,(H,34,37)/t31-/m1/s1. The van der Waals surface area contributed by atoms with Gasteiger partial charge in [0.15, 0.2) is 0 Å². The van der Waals surface area contributed by atoms with Gasteiger partial charge in [0.25, 0.3) is 0 Å². The predicted molar refractivity (Wildman–Crippen MR) is 145 cm³/mol. The molecule has 3 aromatic carbocycles. The number of aryl methyl sites for hydroxylation is 1. The van der Waals surface area contributed by atoms with Crippen molar-refractivity contribution in [1.29, 1.82) is 0 Å². The second-order valence-corrected chi connectivity index (χ2v) is 9.60. The molecule has 1 aliphatic rings. The molecule has 0 radical (unpaired) electrons. The molecule has 0 saturated heterocycles. The zero-order valence-corrected chi connectivity index (χ0v) is 21.2. The Morgan fingerprint density at radius 1 is 0.838 bits per heavy atom. The van der Waals surface area contributed by atoms with E-state index in [1.54, 1.807) is 17.0 Å². The Balaban J connectivity index is 1.56. The minimum Gasteiger partial charge on any atom is -0.354 e. The van der Waals surface area contributed by atoms with Crippen LogP contribution in [0.4, 0.5) is 4.39 Å². The van der Waals surface area contributed by atoms with Gasteiger partial charge in [-0.25, -0.2) is 4.39 Å². The van der Waals surface area contributed by atoms with E-state index < -0.39 is 6.04 Å². The topological polar surface area (TPSA) is 49.4 Å². The lowest BCUT2D eigenvalue weighted by Gasteiger charge is -2.32. The highest BCUT2D eigenvalue weighted by molar-refractivity contribution is 5.88. The largest absolute Gasteiger partial charge is 0.354 e. The van der Waals surface area contributed by atoms with E-state index in [4.69, 9.17) is 0 Å². The number of carbonyl (C=O) groups is 2. The summed E-state index contributed by atoms with van der Waals surface area (Å²) in [7, 11) is 0. The van der Waals surface area contributed by atoms with Crippen molar-refractivity contribution in [2.75, 3.05) is 6.54 Å². The smallest absolute Gasteiger partial charge is 0.247 e. The fraction of sp³-hybridized carbons (Fsp3) is 0.312. The number of amides is 2. The number of allylic oxidation sites excluding steroid dienone is 1. The van der Waals surface area contributed by atoms with Crippen LogP contribution in [0.25, 0.3) is 0 Å². The first kappa shape index (κ1) is 26.3. The van der Waals surface area contributed by atoms with Crippen LogP contribution in [0, 0.1) is 5.82 Å². The molecule has 4 nitrogen and oxygen atoms in total. The number of carbonyl (C=O) groups excluding carboxylic acids is 2. The molecule has 0 bridgehead atoms. The highest BCUT2D eigenvalue weighted by atomic mass is 19.1. The van der Waals surface area contributed by atoms with Gasteiger partial charge < -0.3 is 10.2 Å². The van der Waals surface area contributed by atoms with Gasteiger partial charge in [0, 0.05) is 19.5 Å². The molecule has 0 saturated carbocycles. The fourth-order valence-corrected chi connectivity index (χ4v) is 4.83. The molecular formula is C32H35FN2O2. The number of benzene rings is 3. The molecule has 0 aromatic heterocycles. The summed E-state index contributed by atoms with van der Waals surface area (Å²) in [5, 5.41) is 3.10. The van der Waals surface area contributed by atoms with Crippen molar-refractivity contribution in [3.8, 4) is 0 Å². The number of halogens is 1. The molecule has 37 heavy (non-hydrogen) atoms. The minimum atomic E-state index is -0.783. The first-order valence-corrected chi connectivity index (χ1v) is 13.2. The van der Waals surface area contributed by atoms with Crippen LogP contribution in [0.1, 0.15) is 61.3 Å². The zero-order chi connectivity index (χ0) is 25.9. The van der Waals surface area contributed by atoms with Gasteiger partial charge in [-0.1, -0.05) is 84.4 Å². The molecule has 1 aliphatic carbocycles. The number of rotatable bonds is 11. The molecule has 2 amide bonds. The summed E-state index contributed by atoms with van der Waals surface area (Å²) in [6.07, 6.45) is 8.60. The maximum atomic E-state index is 13.7. The lowest BCUT2D eigenvalue weighted by atomic mass is 9.97. The Morgan fingerprint density at radius 3 is 2.22 bits per heavy atom. The van der Waals surface area contributed by atoms with Crippen LogP contribution in [0.2, 0.25) is 0 Å². The number of hydrogen-bond donors (Lipinski definition) is 1. The summed E-state index contributed by atoms with van der Waals surface area (Å²) in [6, 6.07) is 24.6. The molecule has 1 N–H and O–H groups in total. The van der Waals surface area contributed by atoms with Crippen molar-refractivity contribution in [3.05, 3.63) is 119 Å². The molecule has 0 aliphatic heterocycles. The molecule has 192 valence electrons. The van der Waals surface area contributed by atoms with E-state index in [1.165, 1.54) is 30.5 Å². The maximum Gasteiger partial charge on any atom is 0.247 e. The maximum absolute atomic E-state index is 13.7. The van der Waals surface area contributed by atoms with Crippen LogP contribution in [0.3, 0.4) is 0 Å². The van der Waals surface area contributed by atoms with E-state index in [1.807, 2.05) is 60.7 Å². The van der Waals surface area contributed by atoms with Crippen molar-refractivity contribution < 1.29 is 14.0 Å². The van der Waals surface area contributed by atoms with Crippen molar-refractivity contribution in [1.82, 2.24) is 10.2 Å². The van der Waals surface area contributed by atoms with Crippen LogP contribution in [0.5, 0.6) is 0 Å². The molecule has 0 spiro atoms. The van der Waals surface area contributed by atoms with Gasteiger partial charge in [-0.2, -0.15) is 0 Å². The summed E-state index contributed by atoms with van der Waals surface area (Å²) < 4.78 is 13.6. The highest BCUT2D eigenvalue weighted by Crippen LogP contribution is 2.26. The minimum absolute atomic E-state index is 0.118. The van der Waals surface area contributed by atoms with Crippen LogP contribution >= 0.6 is 0 Å². The van der Waals surface area contributed by atoms with Crippen molar-refractivity contribution in [2.45, 2.75) is 57.5 Å². The third-order valence-electron chi connectivity index (χ3n) is 6.86. The van der Waals surface area contributed by atoms with Crippen LogP contribution in [-0.4, -0.2) is 23.3 Å². The summed E-state index contributed by atoms with van der Waals surface area (Å²) in [5.74, 6) is -0.648. The monoisotopic (exact) mass is 498 g/mol. The Hall–Kier alpha value is -3.73. The van der Waals surface area contributed by atoms with E-state index in [2.05, 4.69) is 11.4 Å². The molecule has 4 rings (SSSR count). The fourth-order valence-electron chi connectivity index (χ4n) is 4.83. The SMILES string of the molecule is O=C(NCCC1=CCCCC1)[C@@H](c1ccccc1)N(Cc1ccc(F)cc1)C(=O)CCc1ccccc1. The Morgan fingerprint density at radius 2 is 1.54 bits per heavy atom. The van der Waals surface area contributed by atoms with Gasteiger partial charge in [-0.05, 0) is 67.3 Å². The Bertz CT molecular complexity index is 1180. The predicted octanol–water partition coefficient (Wildman–Crippen LogP) is 6.54. The second kappa shape index (κ2) is 13.5. The van der Waals surface area contributed by atoms with E-state index in [0.29, 0.717) is 13.0 Å². The Labute approximate surface area is 219 Å². The third-order valence-corrected chi connectivity index (χ3v) is 6.86. The number of nitrogens with one attached hydrogen (secondary N) is 1. The molecular weight excluding hydrogens is 463 g/mol. The summed E-state index contributed by atoms with van der Waals surface area (Å²) >= 11 is 0. The molecule has 0 unspecified atom stereocenters. The van der Waals surface area contributed by atoms with Gasteiger partial charge in [-0.3, -0.25) is 9.59 Å². The molecule has 1 atom stereocenters. The second-order valence-electron chi connectivity index (χ2n) is 9.60. The van der Waals surface area contributed by atoms with Crippen molar-refractivity contribution in [2.24, 2.45) is 0 Å². The first-order valence-electron chi connectivity index (χ1n) is 13.2. The zero-order valence-electron chi connectivity index (χ0n) is 21.2. The van der Waals surface area contributed by atoms with Gasteiger partial charge in [-0.15, -0.1) is 0 Å². The van der Waals surface area contributed by atoms with E-state index in [-0.39, 0.29) is 30.6 Å². The Kier molecular flexibility index (Phi) is 9.64. The quantitative estimate of drug-likeness (QED) is 0.305. The van der Waals surface area contributed by atoms with E-state index in [0.717, 1.165) is 36.0 Å². The highest BCUT2D eigenvalue weighted by Gasteiger charge is 2.31. The molecule has 3 aromatic rings. The summed E-state index contributed by atoms with van der Waals surface area (Å²) in [5.41, 5.74) is 3.99. The number of hydrogen-bond acceptors (Lipinski definition) is 2. The first-order chi connectivity index (χ1) is 18.1. The van der Waals surface area contributed by atoms with Gasteiger partial charge in [0.2, 0.25) is 11.8 Å². The molecule has 0 fully saturated rings. The summed E-state index contributed by atoms with van der Waals surface area (Å²) in [6.45, 7) is 0.753. The van der Waals surface area contributed by atoms with Crippen molar-refractivity contribution >= 4 is 11.8 Å². The van der Waals surface area contributed by atoms with Gasteiger partial charge in [0.05, 0.1) is 0 Å². The van der Waals surface area contributed by atoms with Crippen LogP contribution < -0.4 is 5.32 Å². The average molecular weight is 499 g/mol. The third kappa shape index (κ3) is 7.88.